The number of hydrogen-bond acceptors (Lipinski definition) is 5. The number of benzene rings is 1. The summed E-state index contributed by atoms with van der Waals surface area (Å²) in [6.45, 7) is 1.72. The van der Waals surface area contributed by atoms with Crippen molar-refractivity contribution in [3.05, 3.63) is 36.7 Å². The number of carbonyl (C=O) groups excluding carboxylic acids is 1. The van der Waals surface area contributed by atoms with Crippen LogP contribution >= 0.6 is 0 Å². The zero-order chi connectivity index (χ0) is 14.5. The molecule has 1 aliphatic heterocycles. The predicted octanol–water partition coefficient (Wildman–Crippen LogP) is 0.776. The molecule has 21 heavy (non-hydrogen) atoms. The quantitative estimate of drug-likeness (QED) is 0.898. The minimum absolute atomic E-state index is 0.0573. The van der Waals surface area contributed by atoms with Crippen LogP contribution in [0.4, 0.5) is 5.69 Å². The van der Waals surface area contributed by atoms with Crippen molar-refractivity contribution in [2.45, 2.75) is 25.4 Å². The number of nitrogens with zero attached hydrogens (tertiary/aromatic N) is 5. The third-order valence-electron chi connectivity index (χ3n) is 3.61. The number of tetrazole rings is 1. The smallest absolute Gasteiger partial charge is 0.244 e. The van der Waals surface area contributed by atoms with Crippen LogP contribution in [0.3, 0.4) is 0 Å². The molecule has 1 atom stereocenters. The van der Waals surface area contributed by atoms with Gasteiger partial charge in [-0.2, -0.15) is 0 Å². The second kappa shape index (κ2) is 6.34. The van der Waals surface area contributed by atoms with Gasteiger partial charge in [0.15, 0.2) is 0 Å². The maximum absolute atomic E-state index is 12.2. The third kappa shape index (κ3) is 3.56. The van der Waals surface area contributed by atoms with Crippen LogP contribution in [0.15, 0.2) is 36.7 Å². The molecule has 0 saturated carbocycles. The molecule has 0 aliphatic carbocycles. The highest BCUT2D eigenvalue weighted by molar-refractivity contribution is 5.76. The molecule has 1 aromatic heterocycles. The lowest BCUT2D eigenvalue weighted by molar-refractivity contribution is -0.133. The number of piperidine rings is 1. The molecule has 2 heterocycles. The molecule has 0 bridgehead atoms. The fourth-order valence-electron chi connectivity index (χ4n) is 2.58. The number of aromatic nitrogens is 4. The van der Waals surface area contributed by atoms with E-state index in [4.69, 9.17) is 0 Å². The van der Waals surface area contributed by atoms with E-state index in [-0.39, 0.29) is 12.5 Å². The summed E-state index contributed by atoms with van der Waals surface area (Å²) in [5, 5.41) is 14.3. The van der Waals surface area contributed by atoms with Gasteiger partial charge in [0.2, 0.25) is 5.91 Å². The van der Waals surface area contributed by atoms with Crippen molar-refractivity contribution >= 4 is 11.6 Å². The first kappa shape index (κ1) is 13.5. The highest BCUT2D eigenvalue weighted by Crippen LogP contribution is 2.16. The lowest BCUT2D eigenvalue weighted by Gasteiger charge is -2.33. The SMILES string of the molecule is O=C(Cn1cnnn1)N1CCCC(Nc2ccccc2)C1. The summed E-state index contributed by atoms with van der Waals surface area (Å²) in [4.78, 5) is 14.1. The minimum atomic E-state index is 0.0573. The average Bonchev–Trinajstić information content (AvgIpc) is 3.01. The Hall–Kier alpha value is -2.44. The summed E-state index contributed by atoms with van der Waals surface area (Å²) in [7, 11) is 0. The summed E-state index contributed by atoms with van der Waals surface area (Å²) >= 11 is 0. The molecule has 110 valence electrons. The van der Waals surface area contributed by atoms with Crippen LogP contribution in [0.5, 0.6) is 0 Å². The first-order valence-electron chi connectivity index (χ1n) is 7.11. The Morgan fingerprint density at radius 2 is 2.19 bits per heavy atom. The van der Waals surface area contributed by atoms with Gasteiger partial charge in [-0.3, -0.25) is 4.79 Å². The molecule has 1 aromatic carbocycles. The molecular weight excluding hydrogens is 268 g/mol. The van der Waals surface area contributed by atoms with Crippen LogP contribution in [0.25, 0.3) is 0 Å². The van der Waals surface area contributed by atoms with Gasteiger partial charge in [0, 0.05) is 24.8 Å². The van der Waals surface area contributed by atoms with Gasteiger partial charge in [0.25, 0.3) is 0 Å². The number of para-hydroxylation sites is 1. The topological polar surface area (TPSA) is 75.9 Å². The Morgan fingerprint density at radius 3 is 2.95 bits per heavy atom. The van der Waals surface area contributed by atoms with E-state index in [1.807, 2.05) is 35.2 Å². The van der Waals surface area contributed by atoms with E-state index >= 15 is 0 Å². The fourth-order valence-corrected chi connectivity index (χ4v) is 2.58. The Kier molecular flexibility index (Phi) is 4.09. The van der Waals surface area contributed by atoms with Crippen molar-refractivity contribution in [3.8, 4) is 0 Å². The second-order valence-electron chi connectivity index (χ2n) is 5.20. The van der Waals surface area contributed by atoms with Gasteiger partial charge < -0.3 is 10.2 Å². The summed E-state index contributed by atoms with van der Waals surface area (Å²) in [5.74, 6) is 0.0573. The van der Waals surface area contributed by atoms with Crippen LogP contribution in [0, 0.1) is 0 Å². The van der Waals surface area contributed by atoms with Gasteiger partial charge in [0.05, 0.1) is 0 Å². The van der Waals surface area contributed by atoms with Crippen molar-refractivity contribution < 1.29 is 4.79 Å². The van der Waals surface area contributed by atoms with Gasteiger partial charge in [-0.25, -0.2) is 4.68 Å². The molecule has 0 radical (unpaired) electrons. The largest absolute Gasteiger partial charge is 0.381 e. The molecule has 1 amide bonds. The van der Waals surface area contributed by atoms with Crippen molar-refractivity contribution in [1.82, 2.24) is 25.1 Å². The van der Waals surface area contributed by atoms with E-state index in [0.717, 1.165) is 31.6 Å². The summed E-state index contributed by atoms with van der Waals surface area (Å²) in [6.07, 6.45) is 3.54. The van der Waals surface area contributed by atoms with Crippen molar-refractivity contribution in [3.63, 3.8) is 0 Å². The van der Waals surface area contributed by atoms with Crippen molar-refractivity contribution in [2.24, 2.45) is 0 Å². The molecule has 1 aliphatic rings. The molecule has 1 saturated heterocycles. The lowest BCUT2D eigenvalue weighted by Crippen LogP contribution is -2.46. The molecule has 7 nitrogen and oxygen atoms in total. The van der Waals surface area contributed by atoms with E-state index in [0.29, 0.717) is 6.04 Å². The molecule has 1 fully saturated rings. The van der Waals surface area contributed by atoms with Crippen molar-refractivity contribution in [2.75, 3.05) is 18.4 Å². The molecule has 1 unspecified atom stereocenters. The van der Waals surface area contributed by atoms with Crippen LogP contribution in [0.1, 0.15) is 12.8 Å². The number of hydrogen-bond donors (Lipinski definition) is 1. The Labute approximate surface area is 122 Å². The standard InChI is InChI=1S/C14H18N6O/c21-14(10-20-11-15-17-18-20)19-8-4-7-13(9-19)16-12-5-2-1-3-6-12/h1-3,5-6,11,13,16H,4,7-10H2. The number of anilines is 1. The first-order chi connectivity index (χ1) is 10.3. The fraction of sp³-hybridized carbons (Fsp3) is 0.429. The highest BCUT2D eigenvalue weighted by atomic mass is 16.2. The molecule has 1 N–H and O–H groups in total. The third-order valence-corrected chi connectivity index (χ3v) is 3.61. The van der Waals surface area contributed by atoms with Gasteiger partial charge >= 0.3 is 0 Å². The zero-order valence-corrected chi connectivity index (χ0v) is 11.7. The molecular formula is C14H18N6O. The second-order valence-corrected chi connectivity index (χ2v) is 5.20. The van der Waals surface area contributed by atoms with Gasteiger partial charge in [0.1, 0.15) is 12.9 Å². The van der Waals surface area contributed by atoms with Crippen LogP contribution in [-0.4, -0.2) is 50.1 Å². The van der Waals surface area contributed by atoms with Crippen LogP contribution in [0.2, 0.25) is 0 Å². The summed E-state index contributed by atoms with van der Waals surface area (Å²) < 4.78 is 1.45. The molecule has 2 aromatic rings. The molecule has 3 rings (SSSR count). The number of carbonyl (C=O) groups is 1. The van der Waals surface area contributed by atoms with Crippen LogP contribution < -0.4 is 5.32 Å². The Bertz CT molecular complexity index is 570. The van der Waals surface area contributed by atoms with Crippen LogP contribution in [-0.2, 0) is 11.3 Å². The van der Waals surface area contributed by atoms with E-state index in [1.54, 1.807) is 0 Å². The van der Waals surface area contributed by atoms with E-state index in [2.05, 4.69) is 20.8 Å². The zero-order valence-electron chi connectivity index (χ0n) is 11.7. The summed E-state index contributed by atoms with van der Waals surface area (Å²) in [5.41, 5.74) is 1.09. The number of amides is 1. The normalized spacial score (nSPS) is 18.5. The maximum Gasteiger partial charge on any atom is 0.244 e. The van der Waals surface area contributed by atoms with Gasteiger partial charge in [-0.1, -0.05) is 18.2 Å². The molecule has 0 spiro atoms. The van der Waals surface area contributed by atoms with E-state index < -0.39 is 0 Å². The number of likely N-dealkylation sites (tertiary alicyclic amines) is 1. The molecule has 7 heteroatoms. The maximum atomic E-state index is 12.2. The van der Waals surface area contributed by atoms with Gasteiger partial charge in [-0.05, 0) is 35.4 Å². The Balaban J connectivity index is 1.56. The van der Waals surface area contributed by atoms with Gasteiger partial charge in [-0.15, -0.1) is 5.10 Å². The minimum Gasteiger partial charge on any atom is -0.381 e. The van der Waals surface area contributed by atoms with E-state index in [9.17, 15) is 4.79 Å². The highest BCUT2D eigenvalue weighted by Gasteiger charge is 2.23. The lowest BCUT2D eigenvalue weighted by atomic mass is 10.1. The monoisotopic (exact) mass is 286 g/mol. The Morgan fingerprint density at radius 1 is 1.33 bits per heavy atom. The van der Waals surface area contributed by atoms with E-state index in [1.165, 1.54) is 11.0 Å². The number of nitrogens with one attached hydrogen (secondary N) is 1. The average molecular weight is 286 g/mol. The summed E-state index contributed by atoms with van der Waals surface area (Å²) in [6, 6.07) is 10.4. The van der Waals surface area contributed by atoms with Crippen molar-refractivity contribution in [1.29, 1.82) is 0 Å². The number of rotatable bonds is 4. The first-order valence-corrected chi connectivity index (χ1v) is 7.11. The predicted molar refractivity (Wildman–Crippen MR) is 77.5 cm³/mol.